The van der Waals surface area contributed by atoms with Gasteiger partial charge in [0.05, 0.1) is 11.4 Å². The second kappa shape index (κ2) is 5.65. The molecule has 18 heavy (non-hydrogen) atoms. The van der Waals surface area contributed by atoms with Crippen molar-refractivity contribution in [1.82, 2.24) is 9.78 Å². The lowest BCUT2D eigenvalue weighted by atomic mass is 10.1. The molecule has 2 rings (SSSR count). The van der Waals surface area contributed by atoms with Crippen molar-refractivity contribution in [2.75, 3.05) is 6.54 Å². The molecule has 3 heteroatoms. The average molecular weight is 241 g/mol. The first-order chi connectivity index (χ1) is 8.70. The maximum atomic E-state index is 5.47. The first-order valence-electron chi connectivity index (χ1n) is 6.21. The summed E-state index contributed by atoms with van der Waals surface area (Å²) in [5, 5.41) is 4.49. The fraction of sp³-hybridized carbons (Fsp3) is 0.267. The molecule has 1 aromatic heterocycles. The second-order valence-electron chi connectivity index (χ2n) is 4.41. The van der Waals surface area contributed by atoms with Gasteiger partial charge >= 0.3 is 0 Å². The lowest BCUT2D eigenvalue weighted by Gasteiger charge is -2.05. The molecular weight excluding hydrogens is 222 g/mol. The van der Waals surface area contributed by atoms with Gasteiger partial charge in [-0.3, -0.25) is 0 Å². The molecule has 0 amide bonds. The van der Waals surface area contributed by atoms with E-state index in [1.807, 2.05) is 17.7 Å². The van der Waals surface area contributed by atoms with E-state index in [1.165, 1.54) is 5.56 Å². The van der Waals surface area contributed by atoms with Crippen LogP contribution < -0.4 is 5.73 Å². The topological polar surface area (TPSA) is 43.8 Å². The third-order valence-corrected chi connectivity index (χ3v) is 2.77. The molecule has 0 atom stereocenters. The number of nitrogens with zero attached hydrogens (tertiary/aromatic N) is 2. The minimum atomic E-state index is 0.688. The van der Waals surface area contributed by atoms with Gasteiger partial charge in [-0.2, -0.15) is 5.10 Å². The van der Waals surface area contributed by atoms with E-state index in [4.69, 9.17) is 5.73 Å². The molecule has 0 aliphatic carbocycles. The quantitative estimate of drug-likeness (QED) is 0.894. The molecule has 0 bridgehead atoms. The smallest absolute Gasteiger partial charge is 0.0654 e. The van der Waals surface area contributed by atoms with Crippen molar-refractivity contribution in [2.45, 2.75) is 20.3 Å². The summed E-state index contributed by atoms with van der Waals surface area (Å²) in [6.07, 6.45) is 5.10. The van der Waals surface area contributed by atoms with Gasteiger partial charge in [-0.15, -0.1) is 0 Å². The Morgan fingerprint density at radius 2 is 2.11 bits per heavy atom. The van der Waals surface area contributed by atoms with E-state index in [9.17, 15) is 0 Å². The average Bonchev–Trinajstić information content (AvgIpc) is 2.69. The summed E-state index contributed by atoms with van der Waals surface area (Å²) in [4.78, 5) is 0. The number of rotatable bonds is 4. The fourth-order valence-corrected chi connectivity index (χ4v) is 1.97. The molecule has 2 N–H and O–H groups in total. The molecule has 0 radical (unpaired) electrons. The Morgan fingerprint density at radius 3 is 2.78 bits per heavy atom. The van der Waals surface area contributed by atoms with Crippen LogP contribution in [-0.2, 0) is 0 Å². The maximum absolute atomic E-state index is 5.47. The van der Waals surface area contributed by atoms with Gasteiger partial charge in [-0.25, -0.2) is 4.68 Å². The van der Waals surface area contributed by atoms with Crippen molar-refractivity contribution in [3.05, 3.63) is 53.4 Å². The van der Waals surface area contributed by atoms with Crippen LogP contribution in [0.15, 0.2) is 36.4 Å². The van der Waals surface area contributed by atoms with Gasteiger partial charge in [0, 0.05) is 5.69 Å². The van der Waals surface area contributed by atoms with Crippen LogP contribution in [0.1, 0.15) is 23.4 Å². The molecule has 0 saturated carbocycles. The van der Waals surface area contributed by atoms with Gasteiger partial charge < -0.3 is 5.73 Å². The molecule has 0 aliphatic rings. The number of hydrogen-bond acceptors (Lipinski definition) is 2. The van der Waals surface area contributed by atoms with E-state index in [0.717, 1.165) is 23.5 Å². The van der Waals surface area contributed by atoms with E-state index in [2.05, 4.69) is 48.4 Å². The number of nitrogens with two attached hydrogens (primary N) is 1. The van der Waals surface area contributed by atoms with Crippen LogP contribution in [0.5, 0.6) is 0 Å². The lowest BCUT2D eigenvalue weighted by Crippen LogP contribution is -1.99. The molecule has 0 spiro atoms. The minimum absolute atomic E-state index is 0.688. The third kappa shape index (κ3) is 2.87. The fourth-order valence-electron chi connectivity index (χ4n) is 1.97. The Kier molecular flexibility index (Phi) is 3.95. The van der Waals surface area contributed by atoms with Gasteiger partial charge in [0.1, 0.15) is 0 Å². The van der Waals surface area contributed by atoms with Crippen molar-refractivity contribution >= 4 is 6.08 Å². The monoisotopic (exact) mass is 241 g/mol. The van der Waals surface area contributed by atoms with E-state index in [0.29, 0.717) is 6.54 Å². The minimum Gasteiger partial charge on any atom is -0.330 e. The summed E-state index contributed by atoms with van der Waals surface area (Å²) in [6, 6.07) is 10.4. The summed E-state index contributed by atoms with van der Waals surface area (Å²) in [5.41, 5.74) is 9.93. The zero-order valence-electron chi connectivity index (χ0n) is 10.9. The summed E-state index contributed by atoms with van der Waals surface area (Å²) < 4.78 is 1.97. The van der Waals surface area contributed by atoms with Crippen molar-refractivity contribution in [2.24, 2.45) is 5.73 Å². The Morgan fingerprint density at radius 1 is 1.28 bits per heavy atom. The number of aromatic nitrogens is 2. The molecule has 94 valence electrons. The van der Waals surface area contributed by atoms with Crippen LogP contribution >= 0.6 is 0 Å². The summed E-state index contributed by atoms with van der Waals surface area (Å²) >= 11 is 0. The molecule has 1 heterocycles. The zero-order chi connectivity index (χ0) is 13.0. The molecule has 1 aromatic carbocycles. The van der Waals surface area contributed by atoms with E-state index in [1.54, 1.807) is 0 Å². The zero-order valence-corrected chi connectivity index (χ0v) is 10.9. The van der Waals surface area contributed by atoms with Crippen LogP contribution in [0.2, 0.25) is 0 Å². The van der Waals surface area contributed by atoms with Crippen molar-refractivity contribution in [3.8, 4) is 5.69 Å². The molecule has 0 fully saturated rings. The Bertz CT molecular complexity index is 553. The van der Waals surface area contributed by atoms with Gasteiger partial charge in [-0.05, 0) is 50.6 Å². The highest BCUT2D eigenvalue weighted by atomic mass is 15.3. The van der Waals surface area contributed by atoms with Crippen LogP contribution in [-0.4, -0.2) is 16.3 Å². The van der Waals surface area contributed by atoms with E-state index in [-0.39, 0.29) is 0 Å². The number of aryl methyl sites for hydroxylation is 2. The van der Waals surface area contributed by atoms with Crippen molar-refractivity contribution in [3.63, 3.8) is 0 Å². The van der Waals surface area contributed by atoms with Crippen molar-refractivity contribution < 1.29 is 0 Å². The van der Waals surface area contributed by atoms with Crippen molar-refractivity contribution in [1.29, 1.82) is 0 Å². The molecule has 2 aromatic rings. The SMILES string of the molecule is Cc1cc(C)n(-c2cccc(C=CCCN)c2)n1. The Hall–Kier alpha value is -1.87. The van der Waals surface area contributed by atoms with Gasteiger partial charge in [0.15, 0.2) is 0 Å². The lowest BCUT2D eigenvalue weighted by molar-refractivity contribution is 0.833. The maximum Gasteiger partial charge on any atom is 0.0654 e. The summed E-state index contributed by atoms with van der Waals surface area (Å²) in [5.74, 6) is 0. The first-order valence-corrected chi connectivity index (χ1v) is 6.21. The highest BCUT2D eigenvalue weighted by molar-refractivity contribution is 5.53. The van der Waals surface area contributed by atoms with Crippen LogP contribution in [0.3, 0.4) is 0 Å². The summed E-state index contributed by atoms with van der Waals surface area (Å²) in [7, 11) is 0. The molecular formula is C15H19N3. The van der Waals surface area contributed by atoms with Crippen LogP contribution in [0, 0.1) is 13.8 Å². The first kappa shape index (κ1) is 12.6. The van der Waals surface area contributed by atoms with Crippen LogP contribution in [0.4, 0.5) is 0 Å². The number of benzene rings is 1. The summed E-state index contributed by atoms with van der Waals surface area (Å²) in [6.45, 7) is 4.76. The second-order valence-corrected chi connectivity index (χ2v) is 4.41. The van der Waals surface area contributed by atoms with Gasteiger partial charge in [0.25, 0.3) is 0 Å². The predicted molar refractivity (Wildman–Crippen MR) is 75.7 cm³/mol. The molecule has 0 aliphatic heterocycles. The Balaban J connectivity index is 2.29. The normalized spacial score (nSPS) is 11.3. The largest absolute Gasteiger partial charge is 0.330 e. The van der Waals surface area contributed by atoms with Gasteiger partial charge in [0.2, 0.25) is 0 Å². The molecule has 0 unspecified atom stereocenters. The number of hydrogen-bond donors (Lipinski definition) is 1. The van der Waals surface area contributed by atoms with E-state index < -0.39 is 0 Å². The van der Waals surface area contributed by atoms with Gasteiger partial charge in [-0.1, -0.05) is 24.3 Å². The Labute approximate surface area is 108 Å². The molecule has 0 saturated heterocycles. The third-order valence-electron chi connectivity index (χ3n) is 2.77. The van der Waals surface area contributed by atoms with E-state index >= 15 is 0 Å². The highest BCUT2D eigenvalue weighted by Crippen LogP contribution is 2.14. The van der Waals surface area contributed by atoms with Crippen LogP contribution in [0.25, 0.3) is 11.8 Å². The highest BCUT2D eigenvalue weighted by Gasteiger charge is 2.03. The standard InChI is InChI=1S/C15H19N3/c1-12-10-13(2)18(17-12)15-8-5-7-14(11-15)6-3-4-9-16/h3,5-8,10-11H,4,9,16H2,1-2H3. The predicted octanol–water partition coefficient (Wildman–Crippen LogP) is 2.85. The molecule has 3 nitrogen and oxygen atoms in total.